The van der Waals surface area contributed by atoms with Crippen LogP contribution >= 0.6 is 0 Å². The molecule has 0 fully saturated rings. The molecule has 1 aliphatic carbocycles. The van der Waals surface area contributed by atoms with E-state index in [1.807, 2.05) is 44.2 Å². The van der Waals surface area contributed by atoms with Crippen LogP contribution in [0.5, 0.6) is 5.75 Å². The second kappa shape index (κ2) is 7.05. The summed E-state index contributed by atoms with van der Waals surface area (Å²) in [5.74, 6) is -0.739. The van der Waals surface area contributed by atoms with Gasteiger partial charge in [0.2, 0.25) is 0 Å². The number of hydrogen-bond acceptors (Lipinski definition) is 3. The second-order valence-corrected chi connectivity index (χ2v) is 6.35. The largest absolute Gasteiger partial charge is 0.483 e. The Morgan fingerprint density at radius 3 is 2.72 bits per heavy atom. The monoisotopic (exact) mass is 341 g/mol. The SMILES string of the molecule is CC1CC(=O)c2c(OCC(=O)NC(C)c3ccccc3)ccc(F)c21. The fourth-order valence-electron chi connectivity index (χ4n) is 3.20. The highest BCUT2D eigenvalue weighted by atomic mass is 19.1. The summed E-state index contributed by atoms with van der Waals surface area (Å²) in [5, 5.41) is 2.84. The summed E-state index contributed by atoms with van der Waals surface area (Å²) in [6.07, 6.45) is 0.268. The Morgan fingerprint density at radius 2 is 2.00 bits per heavy atom. The lowest BCUT2D eigenvalue weighted by molar-refractivity contribution is -0.123. The summed E-state index contributed by atoms with van der Waals surface area (Å²) < 4.78 is 19.5. The summed E-state index contributed by atoms with van der Waals surface area (Å²) in [7, 11) is 0. The third kappa shape index (κ3) is 3.55. The van der Waals surface area contributed by atoms with Crippen LogP contribution in [0.25, 0.3) is 0 Å². The van der Waals surface area contributed by atoms with E-state index in [9.17, 15) is 14.0 Å². The molecule has 2 aromatic rings. The summed E-state index contributed by atoms with van der Waals surface area (Å²) in [4.78, 5) is 24.2. The smallest absolute Gasteiger partial charge is 0.258 e. The van der Waals surface area contributed by atoms with Gasteiger partial charge in [0.15, 0.2) is 12.4 Å². The van der Waals surface area contributed by atoms with Crippen molar-refractivity contribution in [2.75, 3.05) is 6.61 Å². The average molecular weight is 341 g/mol. The van der Waals surface area contributed by atoms with E-state index in [0.717, 1.165) is 5.56 Å². The van der Waals surface area contributed by atoms with Crippen molar-refractivity contribution in [1.29, 1.82) is 0 Å². The van der Waals surface area contributed by atoms with Gasteiger partial charge in [0.05, 0.1) is 11.6 Å². The molecule has 0 saturated carbocycles. The van der Waals surface area contributed by atoms with Gasteiger partial charge >= 0.3 is 0 Å². The van der Waals surface area contributed by atoms with E-state index in [0.29, 0.717) is 5.56 Å². The molecule has 2 atom stereocenters. The lowest BCUT2D eigenvalue weighted by Gasteiger charge is -2.15. The maximum absolute atomic E-state index is 14.0. The van der Waals surface area contributed by atoms with Gasteiger partial charge in [-0.3, -0.25) is 9.59 Å². The van der Waals surface area contributed by atoms with Crippen LogP contribution in [0.15, 0.2) is 42.5 Å². The fraction of sp³-hybridized carbons (Fsp3) is 0.300. The van der Waals surface area contributed by atoms with Crippen LogP contribution in [-0.4, -0.2) is 18.3 Å². The summed E-state index contributed by atoms with van der Waals surface area (Å²) >= 11 is 0. The number of rotatable bonds is 5. The molecule has 2 aromatic carbocycles. The molecule has 0 bridgehead atoms. The first-order valence-electron chi connectivity index (χ1n) is 8.30. The minimum absolute atomic E-state index is 0.143. The van der Waals surface area contributed by atoms with Gasteiger partial charge in [-0.15, -0.1) is 0 Å². The van der Waals surface area contributed by atoms with Gasteiger partial charge in [0.25, 0.3) is 5.91 Å². The van der Waals surface area contributed by atoms with Crippen molar-refractivity contribution < 1.29 is 18.7 Å². The molecule has 0 radical (unpaired) electrons. The normalized spacial score (nSPS) is 17.1. The summed E-state index contributed by atoms with van der Waals surface area (Å²) in [6, 6.07) is 12.1. The van der Waals surface area contributed by atoms with Crippen LogP contribution in [0, 0.1) is 5.82 Å². The zero-order valence-electron chi connectivity index (χ0n) is 14.2. The van der Waals surface area contributed by atoms with Crippen LogP contribution in [0.4, 0.5) is 4.39 Å². The molecule has 0 spiro atoms. The molecule has 2 unspecified atom stereocenters. The second-order valence-electron chi connectivity index (χ2n) is 6.35. The standard InChI is InChI=1S/C20H20FNO3/c1-12-10-16(23)20-17(9-8-15(21)19(12)20)25-11-18(24)22-13(2)14-6-4-3-5-7-14/h3-9,12-13H,10-11H2,1-2H3,(H,22,24). The molecule has 1 aliphatic rings. The number of hydrogen-bond donors (Lipinski definition) is 1. The lowest BCUT2D eigenvalue weighted by Crippen LogP contribution is -2.31. The van der Waals surface area contributed by atoms with Gasteiger partial charge in [-0.25, -0.2) is 4.39 Å². The first-order chi connectivity index (χ1) is 12.0. The summed E-state index contributed by atoms with van der Waals surface area (Å²) in [5.41, 5.74) is 1.65. The molecule has 0 aliphatic heterocycles. The van der Waals surface area contributed by atoms with E-state index in [1.165, 1.54) is 12.1 Å². The highest BCUT2D eigenvalue weighted by Crippen LogP contribution is 2.39. The van der Waals surface area contributed by atoms with Gasteiger partial charge < -0.3 is 10.1 Å². The minimum atomic E-state index is -0.400. The van der Waals surface area contributed by atoms with Crippen molar-refractivity contribution in [3.05, 3.63) is 65.0 Å². The lowest BCUT2D eigenvalue weighted by atomic mass is 10.0. The minimum Gasteiger partial charge on any atom is -0.483 e. The number of halogens is 1. The number of fused-ring (bicyclic) bond motifs is 1. The molecule has 0 aromatic heterocycles. The number of carbonyl (C=O) groups excluding carboxylic acids is 2. The van der Waals surface area contributed by atoms with Crippen molar-refractivity contribution >= 4 is 11.7 Å². The van der Waals surface area contributed by atoms with Crippen molar-refractivity contribution in [3.8, 4) is 5.75 Å². The highest BCUT2D eigenvalue weighted by Gasteiger charge is 2.32. The molecular weight excluding hydrogens is 321 g/mol. The number of carbonyl (C=O) groups is 2. The van der Waals surface area contributed by atoms with E-state index in [-0.39, 0.29) is 48.0 Å². The van der Waals surface area contributed by atoms with E-state index in [1.54, 1.807) is 0 Å². The first kappa shape index (κ1) is 17.1. The van der Waals surface area contributed by atoms with Gasteiger partial charge in [-0.2, -0.15) is 0 Å². The van der Waals surface area contributed by atoms with Crippen LogP contribution < -0.4 is 10.1 Å². The van der Waals surface area contributed by atoms with Crippen molar-refractivity contribution in [1.82, 2.24) is 5.32 Å². The van der Waals surface area contributed by atoms with Gasteiger partial charge in [-0.1, -0.05) is 37.3 Å². The maximum atomic E-state index is 14.0. The first-order valence-corrected chi connectivity index (χ1v) is 8.30. The maximum Gasteiger partial charge on any atom is 0.258 e. The van der Waals surface area contributed by atoms with E-state index >= 15 is 0 Å². The Labute approximate surface area is 146 Å². The molecule has 130 valence electrons. The number of benzene rings is 2. The van der Waals surface area contributed by atoms with E-state index in [2.05, 4.69) is 5.32 Å². The predicted molar refractivity (Wildman–Crippen MR) is 92.3 cm³/mol. The van der Waals surface area contributed by atoms with Crippen molar-refractivity contribution in [2.24, 2.45) is 0 Å². The van der Waals surface area contributed by atoms with Crippen molar-refractivity contribution in [3.63, 3.8) is 0 Å². The molecule has 4 nitrogen and oxygen atoms in total. The van der Waals surface area contributed by atoms with Crippen LogP contribution in [-0.2, 0) is 4.79 Å². The van der Waals surface area contributed by atoms with E-state index < -0.39 is 5.82 Å². The third-order valence-electron chi connectivity index (χ3n) is 4.45. The number of amides is 1. The Balaban J connectivity index is 1.67. The predicted octanol–water partition coefficient (Wildman–Crippen LogP) is 3.77. The summed E-state index contributed by atoms with van der Waals surface area (Å²) in [6.45, 7) is 3.47. The molecule has 1 amide bonds. The van der Waals surface area contributed by atoms with Crippen LogP contribution in [0.2, 0.25) is 0 Å². The zero-order chi connectivity index (χ0) is 18.0. The highest BCUT2D eigenvalue weighted by molar-refractivity contribution is 6.03. The Kier molecular flexibility index (Phi) is 4.83. The van der Waals surface area contributed by atoms with Gasteiger partial charge in [-0.05, 0) is 30.5 Å². The number of nitrogens with one attached hydrogen (secondary N) is 1. The molecule has 3 rings (SSSR count). The molecule has 0 heterocycles. The van der Waals surface area contributed by atoms with Gasteiger partial charge in [0, 0.05) is 12.0 Å². The quantitative estimate of drug-likeness (QED) is 0.901. The van der Waals surface area contributed by atoms with Crippen LogP contribution in [0.3, 0.4) is 0 Å². The topological polar surface area (TPSA) is 55.4 Å². The number of Topliss-reactive ketones (excluding diaryl/α,β-unsaturated/α-hetero) is 1. The van der Waals surface area contributed by atoms with Crippen LogP contribution in [0.1, 0.15) is 53.7 Å². The fourth-order valence-corrected chi connectivity index (χ4v) is 3.20. The molecule has 5 heteroatoms. The molecule has 25 heavy (non-hydrogen) atoms. The Morgan fingerprint density at radius 1 is 1.28 bits per heavy atom. The van der Waals surface area contributed by atoms with Crippen molar-refractivity contribution in [2.45, 2.75) is 32.2 Å². The average Bonchev–Trinajstić information content (AvgIpc) is 2.90. The Hall–Kier alpha value is -2.69. The Bertz CT molecular complexity index is 804. The van der Waals surface area contributed by atoms with E-state index in [4.69, 9.17) is 4.74 Å². The molecule has 1 N–H and O–H groups in total. The molecular formula is C20H20FNO3. The number of ketones is 1. The van der Waals surface area contributed by atoms with Gasteiger partial charge in [0.1, 0.15) is 11.6 Å². The molecule has 0 saturated heterocycles. The zero-order valence-corrected chi connectivity index (χ0v) is 14.2. The number of ether oxygens (including phenoxy) is 1. The third-order valence-corrected chi connectivity index (χ3v) is 4.45.